The van der Waals surface area contributed by atoms with Crippen molar-refractivity contribution in [2.75, 3.05) is 17.2 Å². The van der Waals surface area contributed by atoms with Crippen LogP contribution in [0.15, 0.2) is 78.0 Å². The van der Waals surface area contributed by atoms with Crippen molar-refractivity contribution >= 4 is 28.6 Å². The zero-order valence-corrected chi connectivity index (χ0v) is 27.9. The minimum absolute atomic E-state index is 0.0782. The summed E-state index contributed by atoms with van der Waals surface area (Å²) in [6, 6.07) is 19.4. The Morgan fingerprint density at radius 2 is 1.83 bits per heavy atom. The summed E-state index contributed by atoms with van der Waals surface area (Å²) in [5.41, 5.74) is 6.02. The molecule has 2 unspecified atom stereocenters. The highest BCUT2D eigenvalue weighted by Crippen LogP contribution is 2.36. The van der Waals surface area contributed by atoms with E-state index in [-0.39, 0.29) is 23.7 Å². The van der Waals surface area contributed by atoms with Crippen molar-refractivity contribution in [3.8, 4) is 22.8 Å². The fourth-order valence-electron chi connectivity index (χ4n) is 5.82. The number of thioether (sulfide) groups is 1. The summed E-state index contributed by atoms with van der Waals surface area (Å²) >= 11 is 1.62. The molecular formula is C35H39F3N6O2S. The molecule has 248 valence electrons. The van der Waals surface area contributed by atoms with Gasteiger partial charge in [0, 0.05) is 35.5 Å². The predicted molar refractivity (Wildman–Crippen MR) is 182 cm³/mol. The number of carbonyl (C=O) groups excluding carboxylic acids is 1. The van der Waals surface area contributed by atoms with Crippen molar-refractivity contribution in [3.63, 3.8) is 0 Å². The lowest BCUT2D eigenvalue weighted by Gasteiger charge is -2.37. The molecule has 0 aliphatic carbocycles. The van der Waals surface area contributed by atoms with Crippen molar-refractivity contribution in [3.05, 3.63) is 89.7 Å². The summed E-state index contributed by atoms with van der Waals surface area (Å²) < 4.78 is 42.8. The van der Waals surface area contributed by atoms with Crippen LogP contribution < -0.4 is 15.0 Å². The number of amides is 2. The number of alkyl halides is 3. The van der Waals surface area contributed by atoms with E-state index in [0.29, 0.717) is 24.0 Å². The van der Waals surface area contributed by atoms with Gasteiger partial charge in [0.1, 0.15) is 12.1 Å². The van der Waals surface area contributed by atoms with Crippen molar-refractivity contribution < 1.29 is 22.7 Å². The number of nitrogens with zero attached hydrogens (tertiary/aromatic N) is 5. The lowest BCUT2D eigenvalue weighted by atomic mass is 9.95. The minimum Gasteiger partial charge on any atom is -0.406 e. The smallest absolute Gasteiger partial charge is 0.406 e. The van der Waals surface area contributed by atoms with Crippen molar-refractivity contribution in [1.82, 2.24) is 20.1 Å². The topological polar surface area (TPSA) is 84.6 Å². The Morgan fingerprint density at radius 1 is 1.11 bits per heavy atom. The van der Waals surface area contributed by atoms with Crippen molar-refractivity contribution in [2.45, 2.75) is 71.7 Å². The molecular weight excluding hydrogens is 625 g/mol. The molecule has 1 aliphatic rings. The third kappa shape index (κ3) is 8.34. The van der Waals surface area contributed by atoms with Crippen LogP contribution >= 0.6 is 11.8 Å². The number of ether oxygens (including phenoxy) is 1. The fraction of sp³-hybridized carbons (Fsp3) is 0.371. The molecule has 0 radical (unpaired) electrons. The maximum atomic E-state index is 13.2. The van der Waals surface area contributed by atoms with Crippen LogP contribution in [0.5, 0.6) is 5.75 Å². The SMILES string of the molecule is CCC(CNC(=O)/N=C1\SCCC(C)N1c1cccc(C)c1C(C)C)c1ccc(-c2ncn(-c3ccc(OC(F)(F)F)cc3)n2)cc1. The number of hydrogen-bond donors (Lipinski definition) is 1. The molecule has 1 fully saturated rings. The fourth-order valence-corrected chi connectivity index (χ4v) is 7.03. The number of benzene rings is 3. The molecule has 1 aliphatic heterocycles. The molecule has 2 atom stereocenters. The number of aryl methyl sites for hydroxylation is 1. The van der Waals surface area contributed by atoms with Crippen LogP contribution in [0.1, 0.15) is 69.1 Å². The van der Waals surface area contributed by atoms with Crippen LogP contribution in [0.3, 0.4) is 0 Å². The van der Waals surface area contributed by atoms with Gasteiger partial charge in [-0.15, -0.1) is 18.3 Å². The van der Waals surface area contributed by atoms with E-state index in [1.165, 1.54) is 46.4 Å². The number of anilines is 1. The van der Waals surface area contributed by atoms with Crippen LogP contribution in [-0.2, 0) is 0 Å². The number of halogens is 3. The van der Waals surface area contributed by atoms with Crippen LogP contribution in [0.4, 0.5) is 23.7 Å². The second-order valence-corrected chi connectivity index (χ2v) is 12.9. The third-order valence-electron chi connectivity index (χ3n) is 8.21. The molecule has 1 saturated heterocycles. The molecule has 12 heteroatoms. The van der Waals surface area contributed by atoms with E-state index in [2.05, 4.69) is 82.8 Å². The van der Waals surface area contributed by atoms with Crippen LogP contribution in [0.2, 0.25) is 0 Å². The second kappa shape index (κ2) is 14.6. The number of carbonyl (C=O) groups is 1. The zero-order chi connectivity index (χ0) is 33.7. The van der Waals surface area contributed by atoms with Gasteiger partial charge in [-0.1, -0.05) is 68.9 Å². The Hall–Kier alpha value is -4.32. The number of urea groups is 1. The largest absolute Gasteiger partial charge is 0.573 e. The first-order valence-corrected chi connectivity index (χ1v) is 16.7. The van der Waals surface area contributed by atoms with Gasteiger partial charge in [-0.05, 0) is 79.6 Å². The van der Waals surface area contributed by atoms with E-state index >= 15 is 0 Å². The van der Waals surface area contributed by atoms with Gasteiger partial charge in [-0.2, -0.15) is 4.99 Å². The molecule has 4 aromatic rings. The van der Waals surface area contributed by atoms with E-state index in [0.717, 1.165) is 40.6 Å². The first-order valence-electron chi connectivity index (χ1n) is 15.7. The van der Waals surface area contributed by atoms with Crippen molar-refractivity contribution in [1.29, 1.82) is 0 Å². The zero-order valence-electron chi connectivity index (χ0n) is 27.1. The van der Waals surface area contributed by atoms with Crippen molar-refractivity contribution in [2.24, 2.45) is 4.99 Å². The van der Waals surface area contributed by atoms with Gasteiger partial charge in [-0.3, -0.25) is 0 Å². The molecule has 3 aromatic carbocycles. The van der Waals surface area contributed by atoms with E-state index in [4.69, 9.17) is 0 Å². The third-order valence-corrected chi connectivity index (χ3v) is 9.19. The minimum atomic E-state index is -4.75. The number of hydrogen-bond acceptors (Lipinski definition) is 5. The highest BCUT2D eigenvalue weighted by Gasteiger charge is 2.31. The predicted octanol–water partition coefficient (Wildman–Crippen LogP) is 8.86. The van der Waals surface area contributed by atoms with Gasteiger partial charge in [0.25, 0.3) is 0 Å². The number of aromatic nitrogens is 3. The molecule has 0 saturated carbocycles. The lowest BCUT2D eigenvalue weighted by Crippen LogP contribution is -2.43. The maximum absolute atomic E-state index is 13.2. The molecule has 2 heterocycles. The first kappa shape index (κ1) is 34.0. The van der Waals surface area contributed by atoms with E-state index < -0.39 is 6.36 Å². The molecule has 5 rings (SSSR count). The Morgan fingerprint density at radius 3 is 2.49 bits per heavy atom. The number of nitrogens with one attached hydrogen (secondary N) is 1. The number of amidine groups is 1. The Kier molecular flexibility index (Phi) is 10.6. The second-order valence-electron chi connectivity index (χ2n) is 11.9. The monoisotopic (exact) mass is 664 g/mol. The van der Waals surface area contributed by atoms with Gasteiger partial charge in [0.05, 0.1) is 5.69 Å². The van der Waals surface area contributed by atoms with Gasteiger partial charge < -0.3 is 15.0 Å². The Bertz CT molecular complexity index is 1700. The summed E-state index contributed by atoms with van der Waals surface area (Å²) in [6.07, 6.45) is -1.42. The summed E-state index contributed by atoms with van der Waals surface area (Å²) in [6.45, 7) is 11.2. The van der Waals surface area contributed by atoms with E-state index in [1.807, 2.05) is 24.3 Å². The molecule has 47 heavy (non-hydrogen) atoms. The van der Waals surface area contributed by atoms with Crippen LogP contribution in [-0.4, -0.2) is 50.7 Å². The summed E-state index contributed by atoms with van der Waals surface area (Å²) in [5.74, 6) is 1.49. The molecule has 1 aromatic heterocycles. The molecule has 1 N–H and O–H groups in total. The number of rotatable bonds is 9. The van der Waals surface area contributed by atoms with Crippen LogP contribution in [0, 0.1) is 6.92 Å². The normalized spacial score (nSPS) is 16.8. The maximum Gasteiger partial charge on any atom is 0.573 e. The first-order chi connectivity index (χ1) is 22.4. The summed E-state index contributed by atoms with van der Waals surface area (Å²) in [4.78, 5) is 24.3. The average Bonchev–Trinajstić information content (AvgIpc) is 3.52. The quantitative estimate of drug-likeness (QED) is 0.193. The van der Waals surface area contributed by atoms with Gasteiger partial charge >= 0.3 is 12.4 Å². The summed E-state index contributed by atoms with van der Waals surface area (Å²) in [5, 5.41) is 8.24. The molecule has 2 amide bonds. The highest BCUT2D eigenvalue weighted by atomic mass is 32.2. The lowest BCUT2D eigenvalue weighted by molar-refractivity contribution is -0.274. The van der Waals surface area contributed by atoms with Gasteiger partial charge in [0.2, 0.25) is 0 Å². The summed E-state index contributed by atoms with van der Waals surface area (Å²) in [7, 11) is 0. The number of aliphatic imine (C=N–C) groups is 1. The average molecular weight is 665 g/mol. The Balaban J connectivity index is 1.24. The standard InChI is InChI=1S/C35H39F3N6O2S/c1-6-25(20-39-33(45)41-34-44(24(5)18-19-47-34)30-9-7-8-23(4)31(30)22(2)3)26-10-12-27(13-11-26)32-40-21-43(42-32)28-14-16-29(17-15-28)46-35(36,37)38/h7-17,21-22,24-25H,6,18-20H2,1-5H3,(H,39,45)/b41-34-. The highest BCUT2D eigenvalue weighted by molar-refractivity contribution is 8.14. The molecule has 0 bridgehead atoms. The van der Waals surface area contributed by atoms with Gasteiger partial charge in [0.15, 0.2) is 11.0 Å². The van der Waals surface area contributed by atoms with Crippen LogP contribution in [0.25, 0.3) is 17.1 Å². The molecule has 8 nitrogen and oxygen atoms in total. The molecule has 0 spiro atoms. The van der Waals surface area contributed by atoms with Gasteiger partial charge in [-0.25, -0.2) is 14.5 Å². The van der Waals surface area contributed by atoms with E-state index in [1.54, 1.807) is 11.8 Å². The Labute approximate surface area is 277 Å². The van der Waals surface area contributed by atoms with E-state index in [9.17, 15) is 18.0 Å².